The van der Waals surface area contributed by atoms with Crippen LogP contribution in [-0.4, -0.2) is 22.2 Å². The normalized spacial score (nSPS) is 21.8. The minimum atomic E-state index is -1.82. The van der Waals surface area contributed by atoms with Crippen molar-refractivity contribution < 1.29 is 19.8 Å². The topological polar surface area (TPSA) is 74.6 Å². The van der Waals surface area contributed by atoms with E-state index in [2.05, 4.69) is 0 Å². The molecule has 2 rings (SSSR count). The Labute approximate surface area is 76.6 Å². The molecule has 2 N–H and O–H groups in total. The zero-order valence-electron chi connectivity index (χ0n) is 7.45. The fourth-order valence-electron chi connectivity index (χ4n) is 1.85. The van der Waals surface area contributed by atoms with Crippen LogP contribution in [-0.2, 0) is 9.59 Å². The molecule has 0 aromatic carbocycles. The predicted octanol–water partition coefficient (Wildman–Crippen LogP) is 1.50. The number of rotatable bonds is 0. The summed E-state index contributed by atoms with van der Waals surface area (Å²) >= 11 is 0. The number of carboxylic acid groups (broad SMARTS) is 2. The fraction of sp³-hybridized carbons (Fsp3) is 0.778. The minimum Gasteiger partial charge on any atom is -0.473 e. The first-order valence-corrected chi connectivity index (χ1v) is 4.52. The van der Waals surface area contributed by atoms with E-state index in [9.17, 15) is 0 Å². The first-order valence-electron chi connectivity index (χ1n) is 4.52. The van der Waals surface area contributed by atoms with E-state index in [1.165, 1.54) is 12.8 Å². The molecule has 2 fully saturated rings. The molecule has 0 bridgehead atoms. The highest BCUT2D eigenvalue weighted by molar-refractivity contribution is 6.27. The lowest BCUT2D eigenvalue weighted by molar-refractivity contribution is -0.159. The molecule has 2 saturated carbocycles. The highest BCUT2D eigenvalue weighted by Gasteiger charge is 2.41. The van der Waals surface area contributed by atoms with Crippen molar-refractivity contribution in [3.8, 4) is 0 Å². The maximum Gasteiger partial charge on any atom is 0.414 e. The van der Waals surface area contributed by atoms with Gasteiger partial charge in [0.2, 0.25) is 0 Å². The molecule has 74 valence electrons. The molecule has 2 aliphatic carbocycles. The quantitative estimate of drug-likeness (QED) is 0.562. The van der Waals surface area contributed by atoms with Gasteiger partial charge in [0, 0.05) is 0 Å². The van der Waals surface area contributed by atoms with Crippen LogP contribution in [0.1, 0.15) is 38.5 Å². The summed E-state index contributed by atoms with van der Waals surface area (Å²) in [5.74, 6) is -3.65. The molecule has 2 aliphatic rings. The highest BCUT2D eigenvalue weighted by atomic mass is 16.4. The van der Waals surface area contributed by atoms with Gasteiger partial charge >= 0.3 is 11.9 Å². The summed E-state index contributed by atoms with van der Waals surface area (Å²) < 4.78 is 0. The Morgan fingerprint density at radius 3 is 1.15 bits per heavy atom. The van der Waals surface area contributed by atoms with E-state index in [1.807, 2.05) is 0 Å². The molecule has 0 aromatic rings. The van der Waals surface area contributed by atoms with Gasteiger partial charge in [0.1, 0.15) is 0 Å². The van der Waals surface area contributed by atoms with Crippen LogP contribution in [0.3, 0.4) is 0 Å². The molecule has 0 unspecified atom stereocenters. The van der Waals surface area contributed by atoms with E-state index in [0.29, 0.717) is 0 Å². The Balaban J connectivity index is 0.000000133. The number of hydrogen-bond donors (Lipinski definition) is 2. The van der Waals surface area contributed by atoms with Gasteiger partial charge in [0.15, 0.2) is 0 Å². The largest absolute Gasteiger partial charge is 0.473 e. The number of aliphatic carboxylic acids is 2. The van der Waals surface area contributed by atoms with Crippen LogP contribution in [0.5, 0.6) is 0 Å². The van der Waals surface area contributed by atoms with Gasteiger partial charge in [-0.25, -0.2) is 9.59 Å². The zero-order chi connectivity index (χ0) is 9.90. The molecule has 4 nitrogen and oxygen atoms in total. The third-order valence-electron chi connectivity index (χ3n) is 3.01. The summed E-state index contributed by atoms with van der Waals surface area (Å²) in [5.41, 5.74) is 0.944. The minimum absolute atomic E-state index is 0.944. The van der Waals surface area contributed by atoms with Crippen molar-refractivity contribution in [3.63, 3.8) is 0 Å². The van der Waals surface area contributed by atoms with Crippen LogP contribution in [0.4, 0.5) is 0 Å². The van der Waals surface area contributed by atoms with Crippen molar-refractivity contribution in [1.29, 1.82) is 0 Å². The summed E-state index contributed by atoms with van der Waals surface area (Å²) in [7, 11) is 0. The Kier molecular flexibility index (Phi) is 2.90. The van der Waals surface area contributed by atoms with E-state index < -0.39 is 11.9 Å². The van der Waals surface area contributed by atoms with Crippen LogP contribution in [0.25, 0.3) is 0 Å². The Hall–Kier alpha value is -1.06. The summed E-state index contributed by atoms with van der Waals surface area (Å²) in [6, 6.07) is 0. The predicted molar refractivity (Wildman–Crippen MR) is 45.4 cm³/mol. The van der Waals surface area contributed by atoms with E-state index in [0.717, 1.165) is 5.41 Å². The van der Waals surface area contributed by atoms with Crippen LogP contribution >= 0.6 is 0 Å². The number of carbonyl (C=O) groups is 2. The smallest absolute Gasteiger partial charge is 0.414 e. The van der Waals surface area contributed by atoms with Crippen LogP contribution in [0, 0.1) is 5.41 Å². The molecule has 0 aromatic heterocycles. The molecule has 0 saturated heterocycles. The van der Waals surface area contributed by atoms with Gasteiger partial charge in [-0.1, -0.05) is 12.8 Å². The van der Waals surface area contributed by atoms with Crippen molar-refractivity contribution in [2.45, 2.75) is 38.5 Å². The Morgan fingerprint density at radius 1 is 0.846 bits per heavy atom. The molecule has 1 spiro atoms. The second-order valence-corrected chi connectivity index (χ2v) is 3.82. The maximum absolute atomic E-state index is 9.10. The monoisotopic (exact) mass is 186 g/mol. The third-order valence-corrected chi connectivity index (χ3v) is 3.01. The van der Waals surface area contributed by atoms with Gasteiger partial charge in [0.05, 0.1) is 0 Å². The van der Waals surface area contributed by atoms with Gasteiger partial charge in [-0.15, -0.1) is 0 Å². The molecule has 0 aliphatic heterocycles. The molecule has 0 heterocycles. The van der Waals surface area contributed by atoms with Gasteiger partial charge < -0.3 is 10.2 Å². The number of hydrogen-bond acceptors (Lipinski definition) is 2. The Morgan fingerprint density at radius 2 is 1.15 bits per heavy atom. The van der Waals surface area contributed by atoms with E-state index in [4.69, 9.17) is 19.8 Å². The molecular formula is C9H14O4. The van der Waals surface area contributed by atoms with Crippen molar-refractivity contribution in [2.24, 2.45) is 5.41 Å². The Bertz CT molecular complexity index is 186. The van der Waals surface area contributed by atoms with Crippen molar-refractivity contribution in [1.82, 2.24) is 0 Å². The lowest BCUT2D eigenvalue weighted by Crippen LogP contribution is -2.35. The second kappa shape index (κ2) is 3.77. The first kappa shape index (κ1) is 10.0. The molecule has 0 radical (unpaired) electrons. The average Bonchev–Trinajstić information content (AvgIpc) is 1.80. The summed E-state index contributed by atoms with van der Waals surface area (Å²) in [6.07, 6.45) is 9.31. The molecule has 0 atom stereocenters. The number of carboxylic acids is 2. The molecule has 0 amide bonds. The molecular weight excluding hydrogens is 172 g/mol. The van der Waals surface area contributed by atoms with Crippen LogP contribution in [0.15, 0.2) is 0 Å². The van der Waals surface area contributed by atoms with E-state index in [1.54, 1.807) is 25.7 Å². The lowest BCUT2D eigenvalue weighted by atomic mass is 9.56. The second-order valence-electron chi connectivity index (χ2n) is 3.82. The van der Waals surface area contributed by atoms with Crippen molar-refractivity contribution in [3.05, 3.63) is 0 Å². The highest BCUT2D eigenvalue weighted by Crippen LogP contribution is 2.55. The van der Waals surface area contributed by atoms with E-state index >= 15 is 0 Å². The summed E-state index contributed by atoms with van der Waals surface area (Å²) in [6.45, 7) is 0. The third kappa shape index (κ3) is 2.44. The van der Waals surface area contributed by atoms with Gasteiger partial charge in [-0.05, 0) is 31.1 Å². The average molecular weight is 186 g/mol. The van der Waals surface area contributed by atoms with Crippen LogP contribution < -0.4 is 0 Å². The SMILES string of the molecule is C1CC2(C1)CCC2.O=C(O)C(=O)O. The van der Waals surface area contributed by atoms with Crippen molar-refractivity contribution in [2.75, 3.05) is 0 Å². The summed E-state index contributed by atoms with van der Waals surface area (Å²) in [4.78, 5) is 18.2. The maximum atomic E-state index is 9.10. The van der Waals surface area contributed by atoms with Gasteiger partial charge in [-0.3, -0.25) is 0 Å². The molecule has 4 heteroatoms. The van der Waals surface area contributed by atoms with Crippen molar-refractivity contribution >= 4 is 11.9 Å². The fourth-order valence-corrected chi connectivity index (χ4v) is 1.85. The standard InChI is InChI=1S/C7H12.C2H2O4/c1-3-7(4-1)5-2-6-7;3-1(4)2(5)6/h1-6H2;(H,3,4)(H,5,6). The zero-order valence-corrected chi connectivity index (χ0v) is 7.45. The van der Waals surface area contributed by atoms with E-state index in [-0.39, 0.29) is 0 Å². The van der Waals surface area contributed by atoms with Crippen LogP contribution in [0.2, 0.25) is 0 Å². The first-order chi connectivity index (χ1) is 6.06. The lowest BCUT2D eigenvalue weighted by Gasteiger charge is -2.49. The summed E-state index contributed by atoms with van der Waals surface area (Å²) in [5, 5.41) is 14.8. The molecule has 13 heavy (non-hydrogen) atoms. The van der Waals surface area contributed by atoms with Gasteiger partial charge in [0.25, 0.3) is 0 Å². The van der Waals surface area contributed by atoms with Gasteiger partial charge in [-0.2, -0.15) is 0 Å².